The van der Waals surface area contributed by atoms with E-state index in [2.05, 4.69) is 63.5 Å². The predicted molar refractivity (Wildman–Crippen MR) is 138 cm³/mol. The van der Waals surface area contributed by atoms with Crippen LogP contribution in [0.4, 0.5) is 0 Å². The number of rotatable bonds is 12. The lowest BCUT2D eigenvalue weighted by atomic mass is 9.96. The molecular weight excluding hydrogens is 418 g/mol. The smallest absolute Gasteiger partial charge is 0.0817 e. The third-order valence-electron chi connectivity index (χ3n) is 6.33. The van der Waals surface area contributed by atoms with Crippen LogP contribution in [0.2, 0.25) is 5.02 Å². The summed E-state index contributed by atoms with van der Waals surface area (Å²) in [6.07, 6.45) is 14.7. The molecule has 1 nitrogen and oxygen atoms in total. The van der Waals surface area contributed by atoms with Crippen LogP contribution in [-0.2, 0) is 0 Å². The van der Waals surface area contributed by atoms with Crippen LogP contribution < -0.4 is 0 Å². The normalized spacial score (nSPS) is 14.5. The van der Waals surface area contributed by atoms with Crippen molar-refractivity contribution in [3.63, 3.8) is 0 Å². The Hall–Kier alpha value is -1.22. The highest BCUT2D eigenvalue weighted by atomic mass is 35.5. The van der Waals surface area contributed by atoms with Crippen LogP contribution in [-0.4, -0.2) is 31.7 Å². The van der Waals surface area contributed by atoms with Crippen LogP contribution in [0, 0.1) is 0 Å². The highest BCUT2D eigenvalue weighted by Gasteiger charge is 2.21. The van der Waals surface area contributed by atoms with Crippen molar-refractivity contribution in [2.24, 2.45) is 0 Å². The molecule has 1 aliphatic heterocycles. The number of nitrogens with zero attached hydrogens (tertiary/aromatic N) is 1. The van der Waals surface area contributed by atoms with E-state index >= 15 is 0 Å². The first-order chi connectivity index (χ1) is 15.0. The van der Waals surface area contributed by atoms with Crippen LogP contribution >= 0.6 is 23.4 Å². The highest BCUT2D eigenvalue weighted by Crippen LogP contribution is 2.46. The minimum Gasteiger partial charge on any atom is -0.328 e. The summed E-state index contributed by atoms with van der Waals surface area (Å²) < 4.78 is 1.10. The predicted octanol–water partition coefficient (Wildman–Crippen LogP) is 8.84. The molecule has 2 aromatic carbocycles. The molecule has 0 aromatic heterocycles. The van der Waals surface area contributed by atoms with E-state index in [4.69, 9.17) is 11.6 Å². The molecule has 0 spiro atoms. The topological polar surface area (TPSA) is 0 Å². The number of hydrogen-bond acceptors (Lipinski definition) is 1. The zero-order chi connectivity index (χ0) is 22.1. The van der Waals surface area contributed by atoms with Gasteiger partial charge >= 0.3 is 0 Å². The van der Waals surface area contributed by atoms with Gasteiger partial charge in [0, 0.05) is 21.2 Å². The van der Waals surface area contributed by atoms with Gasteiger partial charge in [-0.15, -0.1) is 0 Å². The molecule has 0 atom stereocenters. The molecule has 0 bridgehead atoms. The molecule has 0 N–H and O–H groups in total. The summed E-state index contributed by atoms with van der Waals surface area (Å²) in [6, 6.07) is 15.1. The van der Waals surface area contributed by atoms with Crippen molar-refractivity contribution in [1.29, 1.82) is 0 Å². The number of hydrogen-bond donors (Lipinski definition) is 0. The van der Waals surface area contributed by atoms with Crippen molar-refractivity contribution < 1.29 is 4.48 Å². The maximum Gasteiger partial charge on any atom is 0.0817 e. The first kappa shape index (κ1) is 24.4. The molecule has 0 saturated heterocycles. The molecule has 0 unspecified atom stereocenters. The Balaban J connectivity index is 1.55. The Morgan fingerprint density at radius 3 is 2.26 bits per heavy atom. The maximum atomic E-state index is 6.35. The van der Waals surface area contributed by atoms with Crippen LogP contribution in [0.15, 0.2) is 58.3 Å². The lowest BCUT2D eigenvalue weighted by molar-refractivity contribution is -0.890. The summed E-state index contributed by atoms with van der Waals surface area (Å²) in [7, 11) is 4.77. The van der Waals surface area contributed by atoms with Gasteiger partial charge in [0.05, 0.1) is 27.2 Å². The third-order valence-corrected chi connectivity index (χ3v) is 7.72. The van der Waals surface area contributed by atoms with Crippen molar-refractivity contribution in [3.05, 3.63) is 64.7 Å². The molecule has 0 aliphatic carbocycles. The molecule has 3 heteroatoms. The van der Waals surface area contributed by atoms with Crippen LogP contribution in [0.3, 0.4) is 0 Å². The van der Waals surface area contributed by atoms with Gasteiger partial charge in [-0.1, -0.05) is 93.1 Å². The zero-order valence-electron chi connectivity index (χ0n) is 19.6. The Morgan fingerprint density at radius 1 is 0.806 bits per heavy atom. The summed E-state index contributed by atoms with van der Waals surface area (Å²) in [5, 5.41) is 0.815. The van der Waals surface area contributed by atoms with Crippen LogP contribution in [0.1, 0.15) is 75.8 Å². The van der Waals surface area contributed by atoms with Crippen molar-refractivity contribution in [2.45, 2.75) is 74.5 Å². The van der Waals surface area contributed by atoms with E-state index in [0.717, 1.165) is 15.9 Å². The van der Waals surface area contributed by atoms with Crippen molar-refractivity contribution in [3.8, 4) is 0 Å². The average molecular weight is 457 g/mol. The Morgan fingerprint density at radius 2 is 1.48 bits per heavy atom. The summed E-state index contributed by atoms with van der Waals surface area (Å²) in [4.78, 5) is 2.65. The van der Waals surface area contributed by atoms with Gasteiger partial charge in [-0.05, 0) is 53.8 Å². The second kappa shape index (κ2) is 12.1. The fraction of sp³-hybridized carbons (Fsp3) is 0.500. The molecule has 0 radical (unpaired) electrons. The van der Waals surface area contributed by atoms with E-state index in [1.54, 1.807) is 0 Å². The van der Waals surface area contributed by atoms with Gasteiger partial charge in [0.25, 0.3) is 0 Å². The molecular formula is C28H39ClNS+. The quantitative estimate of drug-likeness (QED) is 0.193. The molecule has 0 amide bonds. The lowest BCUT2D eigenvalue weighted by Gasteiger charge is -2.30. The van der Waals surface area contributed by atoms with Crippen molar-refractivity contribution in [1.82, 2.24) is 0 Å². The highest BCUT2D eigenvalue weighted by molar-refractivity contribution is 7.99. The van der Waals surface area contributed by atoms with Crippen molar-refractivity contribution in [2.75, 3.05) is 27.2 Å². The largest absolute Gasteiger partial charge is 0.328 e. The maximum absolute atomic E-state index is 6.35. The molecule has 31 heavy (non-hydrogen) atoms. The van der Waals surface area contributed by atoms with E-state index in [0.29, 0.717) is 0 Å². The first-order valence-corrected chi connectivity index (χ1v) is 13.3. The fourth-order valence-electron chi connectivity index (χ4n) is 4.41. The summed E-state index contributed by atoms with van der Waals surface area (Å²) in [5.41, 5.74) is 3.97. The molecule has 3 rings (SSSR count). The SMILES string of the molecule is CCCCCCCCCC[N+](C)(C)CCC=C1c2ccccc2Sc2ccc(Cl)cc21. The Bertz CT molecular complexity index is 871. The van der Waals surface area contributed by atoms with E-state index in [-0.39, 0.29) is 0 Å². The second-order valence-corrected chi connectivity index (χ2v) is 11.0. The molecule has 2 aromatic rings. The average Bonchev–Trinajstić information content (AvgIpc) is 2.75. The van der Waals surface area contributed by atoms with E-state index in [1.165, 1.54) is 90.9 Å². The van der Waals surface area contributed by atoms with Gasteiger partial charge in [0.2, 0.25) is 0 Å². The monoisotopic (exact) mass is 456 g/mol. The van der Waals surface area contributed by atoms with Gasteiger partial charge in [0.15, 0.2) is 0 Å². The third kappa shape index (κ3) is 7.41. The fourth-order valence-corrected chi connectivity index (χ4v) is 5.67. The molecule has 0 saturated carbocycles. The van der Waals surface area contributed by atoms with Crippen LogP contribution in [0.5, 0.6) is 0 Å². The van der Waals surface area contributed by atoms with Gasteiger partial charge < -0.3 is 4.48 Å². The molecule has 168 valence electrons. The van der Waals surface area contributed by atoms with Crippen molar-refractivity contribution >= 4 is 28.9 Å². The summed E-state index contributed by atoms with van der Waals surface area (Å²) >= 11 is 8.21. The molecule has 1 heterocycles. The van der Waals surface area contributed by atoms with Gasteiger partial charge in [0.1, 0.15) is 0 Å². The number of fused-ring (bicyclic) bond motifs is 2. The number of unbranched alkanes of at least 4 members (excludes halogenated alkanes) is 7. The molecule has 0 fully saturated rings. The Labute approximate surface area is 199 Å². The standard InChI is InChI=1S/C28H39ClNS/c1-4-5-6-7-8-9-10-13-20-30(2,3)21-14-16-24-25-15-11-12-17-27(25)31-28-19-18-23(29)22-26(24)28/h11-12,15-19,22H,4-10,13-14,20-21H2,1-3H3/q+1. The number of benzene rings is 2. The summed E-state index contributed by atoms with van der Waals surface area (Å²) in [5.74, 6) is 0. The van der Waals surface area contributed by atoms with E-state index in [9.17, 15) is 0 Å². The number of halogens is 1. The van der Waals surface area contributed by atoms with Gasteiger partial charge in [-0.2, -0.15) is 0 Å². The van der Waals surface area contributed by atoms with Crippen LogP contribution in [0.25, 0.3) is 5.57 Å². The molecule has 1 aliphatic rings. The Kier molecular flexibility index (Phi) is 9.56. The minimum atomic E-state index is 0.815. The van der Waals surface area contributed by atoms with Gasteiger partial charge in [-0.3, -0.25) is 0 Å². The minimum absolute atomic E-state index is 0.815. The van der Waals surface area contributed by atoms with E-state index in [1.807, 2.05) is 17.8 Å². The first-order valence-electron chi connectivity index (χ1n) is 12.1. The summed E-state index contributed by atoms with van der Waals surface area (Å²) in [6.45, 7) is 4.73. The second-order valence-electron chi connectivity index (χ2n) is 9.50. The van der Waals surface area contributed by atoms with Gasteiger partial charge in [-0.25, -0.2) is 0 Å². The van der Waals surface area contributed by atoms with E-state index < -0.39 is 0 Å². The number of quaternary nitrogens is 1. The zero-order valence-corrected chi connectivity index (χ0v) is 21.2. The lowest BCUT2D eigenvalue weighted by Crippen LogP contribution is -2.41.